The van der Waals surface area contributed by atoms with Gasteiger partial charge in [-0.2, -0.15) is 5.10 Å². The number of aryl methyl sites for hydroxylation is 1. The molecule has 2 aromatic rings. The Morgan fingerprint density at radius 1 is 1.08 bits per heavy atom. The van der Waals surface area contributed by atoms with Crippen molar-refractivity contribution < 1.29 is 9.47 Å². The van der Waals surface area contributed by atoms with Crippen LogP contribution in [0.2, 0.25) is 0 Å². The van der Waals surface area contributed by atoms with Crippen LogP contribution in [0.1, 0.15) is 28.9 Å². The second-order valence-electron chi connectivity index (χ2n) is 6.82. The van der Waals surface area contributed by atoms with Crippen LogP contribution in [0, 0.1) is 0 Å². The molecule has 1 aromatic carbocycles. The fourth-order valence-corrected chi connectivity index (χ4v) is 3.80. The van der Waals surface area contributed by atoms with Gasteiger partial charge < -0.3 is 14.8 Å². The van der Waals surface area contributed by atoms with E-state index in [9.17, 15) is 0 Å². The van der Waals surface area contributed by atoms with Gasteiger partial charge in [0.1, 0.15) is 0 Å². The molecular weight excluding hydrogens is 316 g/mol. The van der Waals surface area contributed by atoms with Gasteiger partial charge in [-0.3, -0.25) is 9.58 Å². The molecule has 134 valence electrons. The summed E-state index contributed by atoms with van der Waals surface area (Å²) in [5, 5.41) is 8.27. The maximum Gasteiger partial charge on any atom is 0.161 e. The topological polar surface area (TPSA) is 51.6 Å². The maximum absolute atomic E-state index is 5.46. The van der Waals surface area contributed by atoms with Gasteiger partial charge in [0.25, 0.3) is 0 Å². The molecule has 0 unspecified atom stereocenters. The molecule has 6 nitrogen and oxygen atoms in total. The summed E-state index contributed by atoms with van der Waals surface area (Å²) in [7, 11) is 3.38. The molecule has 0 fully saturated rings. The number of hydrogen-bond donors (Lipinski definition) is 1. The van der Waals surface area contributed by atoms with Crippen LogP contribution in [0.5, 0.6) is 11.5 Å². The summed E-state index contributed by atoms with van der Waals surface area (Å²) in [6.07, 6.45) is 2.18. The van der Waals surface area contributed by atoms with Crippen LogP contribution in [0.4, 0.5) is 0 Å². The first-order chi connectivity index (χ1) is 12.3. The molecule has 6 heteroatoms. The van der Waals surface area contributed by atoms with E-state index in [2.05, 4.69) is 33.1 Å². The van der Waals surface area contributed by atoms with E-state index in [1.807, 2.05) is 0 Å². The van der Waals surface area contributed by atoms with Gasteiger partial charge in [0.05, 0.1) is 25.6 Å². The molecule has 4 rings (SSSR count). The third-order valence-corrected chi connectivity index (χ3v) is 5.13. The molecule has 0 spiro atoms. The average Bonchev–Trinajstić information content (AvgIpc) is 2.88. The van der Waals surface area contributed by atoms with Crippen LogP contribution < -0.4 is 14.8 Å². The third kappa shape index (κ3) is 3.37. The molecule has 3 heterocycles. The van der Waals surface area contributed by atoms with Gasteiger partial charge in [-0.15, -0.1) is 0 Å². The predicted molar refractivity (Wildman–Crippen MR) is 95.9 cm³/mol. The number of hydrogen-bond acceptors (Lipinski definition) is 5. The molecule has 0 radical (unpaired) electrons. The van der Waals surface area contributed by atoms with Gasteiger partial charge in [-0.1, -0.05) is 0 Å². The minimum absolute atomic E-state index is 0.808. The van der Waals surface area contributed by atoms with Gasteiger partial charge in [-0.25, -0.2) is 0 Å². The summed E-state index contributed by atoms with van der Waals surface area (Å²) < 4.78 is 13.0. The number of fused-ring (bicyclic) bond motifs is 2. The molecule has 2 aliphatic heterocycles. The van der Waals surface area contributed by atoms with E-state index >= 15 is 0 Å². The number of benzene rings is 1. The van der Waals surface area contributed by atoms with E-state index in [1.54, 1.807) is 14.2 Å². The van der Waals surface area contributed by atoms with Crippen LogP contribution in [0.3, 0.4) is 0 Å². The molecule has 2 aliphatic rings. The van der Waals surface area contributed by atoms with Crippen LogP contribution >= 0.6 is 0 Å². The van der Waals surface area contributed by atoms with Crippen molar-refractivity contribution in [1.82, 2.24) is 20.0 Å². The van der Waals surface area contributed by atoms with Crippen LogP contribution in [0.15, 0.2) is 18.2 Å². The van der Waals surface area contributed by atoms with Crippen molar-refractivity contribution in [2.75, 3.05) is 27.3 Å². The summed E-state index contributed by atoms with van der Waals surface area (Å²) >= 11 is 0. The second kappa shape index (κ2) is 7.06. The number of rotatable bonds is 4. The van der Waals surface area contributed by atoms with Gasteiger partial charge in [0, 0.05) is 32.7 Å². The van der Waals surface area contributed by atoms with Crippen molar-refractivity contribution in [2.45, 2.75) is 39.0 Å². The smallest absolute Gasteiger partial charge is 0.161 e. The lowest BCUT2D eigenvalue weighted by Crippen LogP contribution is -2.30. The van der Waals surface area contributed by atoms with E-state index in [-0.39, 0.29) is 0 Å². The molecule has 0 bridgehead atoms. The summed E-state index contributed by atoms with van der Waals surface area (Å²) in [6, 6.07) is 6.49. The minimum atomic E-state index is 0.808. The minimum Gasteiger partial charge on any atom is -0.493 e. The first-order valence-electron chi connectivity index (χ1n) is 8.99. The lowest BCUT2D eigenvalue weighted by Gasteiger charge is -2.29. The number of nitrogens with one attached hydrogen (secondary N) is 1. The van der Waals surface area contributed by atoms with E-state index < -0.39 is 0 Å². The van der Waals surface area contributed by atoms with Gasteiger partial charge in [0.15, 0.2) is 11.5 Å². The van der Waals surface area contributed by atoms with Crippen molar-refractivity contribution >= 4 is 0 Å². The number of ether oxygens (including phenoxy) is 2. The van der Waals surface area contributed by atoms with Gasteiger partial charge >= 0.3 is 0 Å². The number of aromatic nitrogens is 2. The predicted octanol–water partition coefficient (Wildman–Crippen LogP) is 1.95. The summed E-state index contributed by atoms with van der Waals surface area (Å²) in [5.74, 6) is 1.63. The van der Waals surface area contributed by atoms with Gasteiger partial charge in [0.2, 0.25) is 0 Å². The highest BCUT2D eigenvalue weighted by atomic mass is 16.5. The highest BCUT2D eigenvalue weighted by Gasteiger charge is 2.21. The average molecular weight is 342 g/mol. The summed E-state index contributed by atoms with van der Waals surface area (Å²) in [4.78, 5) is 2.46. The Morgan fingerprint density at radius 2 is 1.88 bits per heavy atom. The van der Waals surface area contributed by atoms with Gasteiger partial charge in [-0.05, 0) is 48.7 Å². The van der Waals surface area contributed by atoms with Crippen LogP contribution in [-0.2, 0) is 32.6 Å². The molecule has 0 atom stereocenters. The molecule has 1 aromatic heterocycles. The van der Waals surface area contributed by atoms with Crippen molar-refractivity contribution in [1.29, 1.82) is 0 Å². The monoisotopic (exact) mass is 342 g/mol. The zero-order valence-corrected chi connectivity index (χ0v) is 15.0. The molecule has 25 heavy (non-hydrogen) atoms. The quantitative estimate of drug-likeness (QED) is 0.920. The van der Waals surface area contributed by atoms with Crippen molar-refractivity contribution in [2.24, 2.45) is 0 Å². The highest BCUT2D eigenvalue weighted by molar-refractivity contribution is 5.48. The zero-order valence-electron chi connectivity index (χ0n) is 15.0. The summed E-state index contributed by atoms with van der Waals surface area (Å²) in [5.41, 5.74) is 5.16. The Kier molecular flexibility index (Phi) is 4.63. The Hall–Kier alpha value is -2.05. The van der Waals surface area contributed by atoms with E-state index in [0.29, 0.717) is 0 Å². The fraction of sp³-hybridized carbons (Fsp3) is 0.526. The fourth-order valence-electron chi connectivity index (χ4n) is 3.80. The maximum atomic E-state index is 5.46. The number of methoxy groups -OCH3 is 2. The summed E-state index contributed by atoms with van der Waals surface area (Å²) in [6.45, 7) is 5.88. The van der Waals surface area contributed by atoms with Crippen molar-refractivity contribution in [3.05, 3.63) is 40.7 Å². The molecular formula is C19H26N4O2. The first kappa shape index (κ1) is 16.4. The molecule has 0 amide bonds. The highest BCUT2D eigenvalue weighted by Crippen LogP contribution is 2.33. The lowest BCUT2D eigenvalue weighted by atomic mass is 9.98. The molecule has 1 N–H and O–H groups in total. The van der Waals surface area contributed by atoms with Crippen LogP contribution in [-0.4, -0.2) is 42.0 Å². The molecule has 0 aliphatic carbocycles. The Morgan fingerprint density at radius 3 is 2.68 bits per heavy atom. The first-order valence-corrected chi connectivity index (χ1v) is 8.99. The zero-order chi connectivity index (χ0) is 17.2. The third-order valence-electron chi connectivity index (χ3n) is 5.13. The van der Waals surface area contributed by atoms with E-state index in [4.69, 9.17) is 14.6 Å². The SMILES string of the molecule is COc1cc2c(cc1OC)CN(Cc1cc3n(n1)CCCNC3)CC2. The molecule has 0 saturated heterocycles. The lowest BCUT2D eigenvalue weighted by molar-refractivity contribution is 0.240. The van der Waals surface area contributed by atoms with Crippen LogP contribution in [0.25, 0.3) is 0 Å². The Bertz CT molecular complexity index is 733. The Labute approximate surface area is 148 Å². The Balaban J connectivity index is 1.49. The largest absolute Gasteiger partial charge is 0.493 e. The van der Waals surface area contributed by atoms with Crippen molar-refractivity contribution in [3.8, 4) is 11.5 Å². The molecule has 0 saturated carbocycles. The van der Waals surface area contributed by atoms with Crippen molar-refractivity contribution in [3.63, 3.8) is 0 Å². The van der Waals surface area contributed by atoms with E-state index in [0.717, 1.165) is 63.6 Å². The standard InChI is InChI=1S/C19H26N4O2/c1-24-18-8-14-4-7-22(12-15(14)9-19(18)25-2)13-16-10-17-11-20-5-3-6-23(17)21-16/h8-10,20H,3-7,11-13H2,1-2H3. The normalized spacial score (nSPS) is 17.5. The number of nitrogens with zero attached hydrogens (tertiary/aromatic N) is 3. The second-order valence-corrected chi connectivity index (χ2v) is 6.82. The van der Waals surface area contributed by atoms with E-state index in [1.165, 1.54) is 22.5 Å².